The smallest absolute Gasteiger partial charge is 0.303 e. The van der Waals surface area contributed by atoms with Gasteiger partial charge in [-0.3, -0.25) is 9.59 Å². The van der Waals surface area contributed by atoms with Crippen molar-refractivity contribution >= 4 is 11.9 Å². The summed E-state index contributed by atoms with van der Waals surface area (Å²) in [6.45, 7) is 6.00. The molecule has 70 valence electrons. The minimum absolute atomic E-state index is 0.118. The third kappa shape index (κ3) is 15.9. The Bertz CT molecular complexity index is 129. The van der Waals surface area contributed by atoms with Crippen molar-refractivity contribution in [2.45, 2.75) is 25.7 Å². The highest BCUT2D eigenvalue weighted by molar-refractivity contribution is 5.73. The average molecular weight is 173 g/mol. The van der Waals surface area contributed by atoms with Crippen molar-refractivity contribution in [3.63, 3.8) is 0 Å². The molecule has 0 unspecified atom stereocenters. The standard InChI is InChI=1S/C6H11NO3.C2H4/c7-5(8)3-1-2-4-6(9)10;1-2/h1-4H2,(H2,7,8)(H,9,10);1-2H2. The number of nitrogens with two attached hydrogens (primary N) is 1. The van der Waals surface area contributed by atoms with Gasteiger partial charge in [-0.2, -0.15) is 0 Å². The summed E-state index contributed by atoms with van der Waals surface area (Å²) < 4.78 is 0. The monoisotopic (exact) mass is 173 g/mol. The number of aliphatic carboxylic acids is 1. The van der Waals surface area contributed by atoms with Crippen molar-refractivity contribution in [1.29, 1.82) is 0 Å². The maximum absolute atomic E-state index is 10.1. The molecule has 0 aliphatic carbocycles. The first-order valence-electron chi connectivity index (χ1n) is 3.63. The van der Waals surface area contributed by atoms with E-state index in [0.29, 0.717) is 12.8 Å². The lowest BCUT2D eigenvalue weighted by Crippen LogP contribution is -2.09. The minimum Gasteiger partial charge on any atom is -0.481 e. The average Bonchev–Trinajstić information content (AvgIpc) is 2.02. The molecule has 0 saturated heterocycles. The molecule has 0 aliphatic rings. The van der Waals surface area contributed by atoms with Crippen LogP contribution in [0.4, 0.5) is 0 Å². The fourth-order valence-corrected chi connectivity index (χ4v) is 0.575. The molecule has 0 aromatic heterocycles. The number of carboxylic acids is 1. The molecule has 0 radical (unpaired) electrons. The van der Waals surface area contributed by atoms with E-state index in [2.05, 4.69) is 13.2 Å². The number of rotatable bonds is 5. The summed E-state index contributed by atoms with van der Waals surface area (Å²) in [6, 6.07) is 0. The van der Waals surface area contributed by atoms with Gasteiger partial charge in [-0.1, -0.05) is 0 Å². The van der Waals surface area contributed by atoms with Crippen LogP contribution in [0.15, 0.2) is 13.2 Å². The maximum atomic E-state index is 10.1. The zero-order chi connectivity index (χ0) is 9.98. The van der Waals surface area contributed by atoms with Crippen LogP contribution < -0.4 is 5.73 Å². The van der Waals surface area contributed by atoms with Crippen LogP contribution in [-0.2, 0) is 9.59 Å². The molecular weight excluding hydrogens is 158 g/mol. The van der Waals surface area contributed by atoms with Crippen LogP contribution in [0.5, 0.6) is 0 Å². The van der Waals surface area contributed by atoms with Crippen molar-refractivity contribution < 1.29 is 14.7 Å². The first-order valence-corrected chi connectivity index (χ1v) is 3.63. The first-order chi connectivity index (χ1) is 5.63. The molecule has 1 amide bonds. The van der Waals surface area contributed by atoms with Gasteiger partial charge in [0.05, 0.1) is 0 Å². The third-order valence-corrected chi connectivity index (χ3v) is 1.06. The number of carbonyl (C=O) groups is 2. The third-order valence-electron chi connectivity index (χ3n) is 1.06. The van der Waals surface area contributed by atoms with Crippen molar-refractivity contribution in [2.75, 3.05) is 0 Å². The van der Waals surface area contributed by atoms with E-state index in [9.17, 15) is 9.59 Å². The SMILES string of the molecule is C=C.NC(=O)CCCCC(=O)O. The normalized spacial score (nSPS) is 8.00. The summed E-state index contributed by atoms with van der Waals surface area (Å²) in [6.07, 6.45) is 1.50. The Morgan fingerprint density at radius 2 is 1.58 bits per heavy atom. The Morgan fingerprint density at radius 3 is 1.92 bits per heavy atom. The van der Waals surface area contributed by atoms with Crippen LogP contribution in [0, 0.1) is 0 Å². The molecule has 0 aromatic carbocycles. The zero-order valence-corrected chi connectivity index (χ0v) is 7.08. The largest absolute Gasteiger partial charge is 0.481 e. The van der Waals surface area contributed by atoms with E-state index in [0.717, 1.165) is 0 Å². The number of carboxylic acid groups (broad SMARTS) is 1. The second-order valence-electron chi connectivity index (χ2n) is 2.07. The van der Waals surface area contributed by atoms with E-state index < -0.39 is 5.97 Å². The van der Waals surface area contributed by atoms with E-state index in [1.807, 2.05) is 0 Å². The molecule has 4 nitrogen and oxygen atoms in total. The summed E-state index contributed by atoms with van der Waals surface area (Å²) in [7, 11) is 0. The summed E-state index contributed by atoms with van der Waals surface area (Å²) in [5.74, 6) is -1.20. The second-order valence-corrected chi connectivity index (χ2v) is 2.07. The number of primary amides is 1. The number of unbranched alkanes of at least 4 members (excludes halogenated alkanes) is 1. The second kappa shape index (κ2) is 9.68. The first kappa shape index (κ1) is 13.3. The van der Waals surface area contributed by atoms with E-state index in [4.69, 9.17) is 10.8 Å². The van der Waals surface area contributed by atoms with Crippen molar-refractivity contribution in [2.24, 2.45) is 5.73 Å². The predicted molar refractivity (Wildman–Crippen MR) is 46.6 cm³/mol. The van der Waals surface area contributed by atoms with Gasteiger partial charge in [-0.25, -0.2) is 0 Å². The number of amides is 1. The highest BCUT2D eigenvalue weighted by Gasteiger charge is 1.97. The van der Waals surface area contributed by atoms with Gasteiger partial charge >= 0.3 is 5.97 Å². The summed E-state index contributed by atoms with van der Waals surface area (Å²) >= 11 is 0. The Morgan fingerprint density at radius 1 is 1.17 bits per heavy atom. The van der Waals surface area contributed by atoms with E-state index in [1.54, 1.807) is 0 Å². The number of carbonyl (C=O) groups excluding carboxylic acids is 1. The quantitative estimate of drug-likeness (QED) is 0.479. The Kier molecular flexibility index (Phi) is 10.7. The minimum atomic E-state index is -0.829. The lowest BCUT2D eigenvalue weighted by molar-refractivity contribution is -0.137. The van der Waals surface area contributed by atoms with Crippen molar-refractivity contribution in [1.82, 2.24) is 0 Å². The van der Waals surface area contributed by atoms with Crippen LogP contribution in [0.25, 0.3) is 0 Å². The van der Waals surface area contributed by atoms with Crippen LogP contribution >= 0.6 is 0 Å². The van der Waals surface area contributed by atoms with Gasteiger partial charge in [-0.05, 0) is 12.8 Å². The highest BCUT2D eigenvalue weighted by Crippen LogP contribution is 1.97. The van der Waals surface area contributed by atoms with Gasteiger partial charge in [0.2, 0.25) is 5.91 Å². The topological polar surface area (TPSA) is 80.4 Å². The lowest BCUT2D eigenvalue weighted by atomic mass is 10.2. The molecule has 0 spiro atoms. The van der Waals surface area contributed by atoms with Gasteiger partial charge in [0.15, 0.2) is 0 Å². The molecule has 0 bridgehead atoms. The van der Waals surface area contributed by atoms with Gasteiger partial charge < -0.3 is 10.8 Å². The molecule has 0 aliphatic heterocycles. The summed E-state index contributed by atoms with van der Waals surface area (Å²) in [4.78, 5) is 20.0. The summed E-state index contributed by atoms with van der Waals surface area (Å²) in [5.41, 5.74) is 4.82. The number of hydrogen-bond donors (Lipinski definition) is 2. The highest BCUT2D eigenvalue weighted by atomic mass is 16.4. The van der Waals surface area contributed by atoms with Crippen LogP contribution in [0.2, 0.25) is 0 Å². The zero-order valence-electron chi connectivity index (χ0n) is 7.08. The maximum Gasteiger partial charge on any atom is 0.303 e. The van der Waals surface area contributed by atoms with Gasteiger partial charge in [-0.15, -0.1) is 13.2 Å². The molecule has 0 saturated carbocycles. The van der Waals surface area contributed by atoms with E-state index >= 15 is 0 Å². The number of hydrogen-bond acceptors (Lipinski definition) is 2. The van der Waals surface area contributed by atoms with Gasteiger partial charge in [0.25, 0.3) is 0 Å². The predicted octanol–water partition coefficient (Wildman–Crippen LogP) is 0.919. The lowest BCUT2D eigenvalue weighted by Gasteiger charge is -1.92. The molecule has 0 rings (SSSR count). The molecule has 0 fully saturated rings. The van der Waals surface area contributed by atoms with Crippen molar-refractivity contribution in [3.8, 4) is 0 Å². The Labute approximate surface area is 72.1 Å². The Hall–Kier alpha value is -1.32. The molecule has 4 heteroatoms. The molecule has 0 heterocycles. The van der Waals surface area contributed by atoms with Gasteiger partial charge in [0, 0.05) is 12.8 Å². The molecule has 0 aromatic rings. The van der Waals surface area contributed by atoms with Gasteiger partial charge in [0.1, 0.15) is 0 Å². The van der Waals surface area contributed by atoms with E-state index in [-0.39, 0.29) is 18.7 Å². The van der Waals surface area contributed by atoms with Crippen LogP contribution in [0.1, 0.15) is 25.7 Å². The van der Waals surface area contributed by atoms with Crippen LogP contribution in [0.3, 0.4) is 0 Å². The molecular formula is C8H15NO3. The fraction of sp³-hybridized carbons (Fsp3) is 0.500. The Balaban J connectivity index is 0. The molecule has 3 N–H and O–H groups in total. The fourth-order valence-electron chi connectivity index (χ4n) is 0.575. The summed E-state index contributed by atoms with van der Waals surface area (Å²) in [5, 5.41) is 8.16. The van der Waals surface area contributed by atoms with E-state index in [1.165, 1.54) is 0 Å². The molecule has 12 heavy (non-hydrogen) atoms. The van der Waals surface area contributed by atoms with Crippen molar-refractivity contribution in [3.05, 3.63) is 13.2 Å². The van der Waals surface area contributed by atoms with Crippen LogP contribution in [-0.4, -0.2) is 17.0 Å². The molecule has 0 atom stereocenters.